The summed E-state index contributed by atoms with van der Waals surface area (Å²) in [6.07, 6.45) is 0.0916. The zero-order valence-corrected chi connectivity index (χ0v) is 8.89. The van der Waals surface area contributed by atoms with Crippen molar-refractivity contribution in [2.24, 2.45) is 0 Å². The number of likely N-dealkylation sites (tertiary alicyclic amines) is 1. The van der Waals surface area contributed by atoms with Gasteiger partial charge in [-0.15, -0.1) is 0 Å². The number of hydrogen-bond donors (Lipinski definition) is 2. The highest BCUT2D eigenvalue weighted by atomic mass is 16.4. The number of carbonyl (C=O) groups is 1. The number of rotatable bonds is 0. The van der Waals surface area contributed by atoms with Gasteiger partial charge in [0.15, 0.2) is 0 Å². The molecule has 0 radical (unpaired) electrons. The highest BCUT2D eigenvalue weighted by molar-refractivity contribution is 5.67. The summed E-state index contributed by atoms with van der Waals surface area (Å²) in [5.74, 6) is 0.320. The van der Waals surface area contributed by atoms with E-state index in [0.29, 0.717) is 25.0 Å². The number of benzene rings is 1. The maximum absolute atomic E-state index is 11.0. The Kier molecular flexibility index (Phi) is 2.02. The number of hydrogen-bond acceptors (Lipinski definition) is 2. The minimum absolute atomic E-state index is 0.320. The molecular weight excluding hydrogens is 204 g/mol. The van der Waals surface area contributed by atoms with E-state index in [1.807, 2.05) is 12.1 Å². The number of nitrogens with zero attached hydrogens (tertiary/aromatic N) is 1. The van der Waals surface area contributed by atoms with E-state index in [4.69, 9.17) is 5.11 Å². The number of piperidine rings is 1. The summed E-state index contributed by atoms with van der Waals surface area (Å²) in [7, 11) is 0. The van der Waals surface area contributed by atoms with E-state index in [-0.39, 0.29) is 0 Å². The highest BCUT2D eigenvalue weighted by Gasteiger charge is 2.37. The number of carboxylic acid groups (broad SMARTS) is 1. The summed E-state index contributed by atoms with van der Waals surface area (Å²) >= 11 is 0. The molecule has 0 spiro atoms. The largest absolute Gasteiger partial charge is 0.465 e. The molecule has 2 N–H and O–H groups in total. The van der Waals surface area contributed by atoms with Crippen LogP contribution in [0.15, 0.2) is 24.3 Å². The first kappa shape index (κ1) is 9.51. The number of fused-ring (bicyclic) bond motifs is 3. The van der Waals surface area contributed by atoms with Crippen molar-refractivity contribution in [3.8, 4) is 0 Å². The Morgan fingerprint density at radius 3 is 3.06 bits per heavy atom. The molecule has 2 heterocycles. The summed E-state index contributed by atoms with van der Waals surface area (Å²) in [6.45, 7) is 1.25. The second-order valence-electron chi connectivity index (χ2n) is 4.46. The van der Waals surface area contributed by atoms with E-state index in [1.165, 1.54) is 16.2 Å². The van der Waals surface area contributed by atoms with Gasteiger partial charge in [-0.3, -0.25) is 0 Å². The van der Waals surface area contributed by atoms with Crippen molar-refractivity contribution in [1.82, 2.24) is 4.90 Å². The molecule has 1 amide bonds. The summed E-state index contributed by atoms with van der Waals surface area (Å²) in [4.78, 5) is 12.5. The molecule has 16 heavy (non-hydrogen) atoms. The van der Waals surface area contributed by atoms with Gasteiger partial charge in [-0.1, -0.05) is 18.2 Å². The van der Waals surface area contributed by atoms with Crippen LogP contribution < -0.4 is 5.32 Å². The molecule has 2 aliphatic rings. The van der Waals surface area contributed by atoms with E-state index < -0.39 is 6.09 Å². The van der Waals surface area contributed by atoms with Crippen LogP contribution in [0.5, 0.6) is 0 Å². The minimum atomic E-state index is -0.803. The third kappa shape index (κ3) is 1.33. The first-order valence-corrected chi connectivity index (χ1v) is 5.59. The number of amides is 1. The van der Waals surface area contributed by atoms with Crippen molar-refractivity contribution in [3.05, 3.63) is 29.8 Å². The fourth-order valence-electron chi connectivity index (χ4n) is 2.77. The van der Waals surface area contributed by atoms with Gasteiger partial charge in [0.05, 0.1) is 0 Å². The van der Waals surface area contributed by atoms with Crippen molar-refractivity contribution in [3.63, 3.8) is 0 Å². The minimum Gasteiger partial charge on any atom is -0.465 e. The summed E-state index contributed by atoms with van der Waals surface area (Å²) in [5.41, 5.74) is 2.43. The second-order valence-corrected chi connectivity index (χ2v) is 4.46. The molecule has 1 fully saturated rings. The standard InChI is InChI=1S/C12H14N2O2/c15-12(16)14-6-5-11-9(7-14)8-3-1-2-4-10(8)13-11/h1-4,9,11,13H,5-7H2,(H,15,16)/t9-,11-/m0/s1. The Hall–Kier alpha value is -1.71. The lowest BCUT2D eigenvalue weighted by Gasteiger charge is -2.33. The Morgan fingerprint density at radius 1 is 1.44 bits per heavy atom. The Morgan fingerprint density at radius 2 is 2.25 bits per heavy atom. The second kappa shape index (κ2) is 3.40. The lowest BCUT2D eigenvalue weighted by molar-refractivity contribution is 0.129. The first-order valence-electron chi connectivity index (χ1n) is 5.59. The molecule has 0 aliphatic carbocycles. The van der Waals surface area contributed by atoms with E-state index in [9.17, 15) is 4.79 Å². The Labute approximate surface area is 93.9 Å². The molecule has 4 nitrogen and oxygen atoms in total. The van der Waals surface area contributed by atoms with Crippen LogP contribution in [0.3, 0.4) is 0 Å². The molecule has 1 saturated heterocycles. The number of para-hydroxylation sites is 1. The molecule has 2 atom stereocenters. The lowest BCUT2D eigenvalue weighted by atomic mass is 9.90. The topological polar surface area (TPSA) is 52.6 Å². The highest BCUT2D eigenvalue weighted by Crippen LogP contribution is 2.39. The molecule has 0 saturated carbocycles. The maximum Gasteiger partial charge on any atom is 0.407 e. The van der Waals surface area contributed by atoms with Crippen molar-refractivity contribution >= 4 is 11.8 Å². The van der Waals surface area contributed by atoms with Gasteiger partial charge < -0.3 is 15.3 Å². The monoisotopic (exact) mass is 218 g/mol. The summed E-state index contributed by atoms with van der Waals surface area (Å²) in [6, 6.07) is 8.60. The predicted molar refractivity (Wildman–Crippen MR) is 60.8 cm³/mol. The van der Waals surface area contributed by atoms with Crippen LogP contribution in [0.4, 0.5) is 10.5 Å². The van der Waals surface area contributed by atoms with Gasteiger partial charge >= 0.3 is 6.09 Å². The van der Waals surface area contributed by atoms with Crippen molar-refractivity contribution in [2.75, 3.05) is 18.4 Å². The predicted octanol–water partition coefficient (Wildman–Crippen LogP) is 1.95. The molecular formula is C12H14N2O2. The molecule has 3 rings (SSSR count). The van der Waals surface area contributed by atoms with E-state index in [1.54, 1.807) is 0 Å². The SMILES string of the molecule is O=C(O)N1CC[C@@H]2Nc3ccccc3[C@@H]2C1. The molecule has 84 valence electrons. The van der Waals surface area contributed by atoms with Gasteiger partial charge in [0.2, 0.25) is 0 Å². The van der Waals surface area contributed by atoms with Crippen LogP contribution in [0.1, 0.15) is 17.9 Å². The molecule has 0 unspecified atom stereocenters. The quantitative estimate of drug-likeness (QED) is 0.699. The zero-order valence-electron chi connectivity index (χ0n) is 8.89. The first-order chi connectivity index (χ1) is 7.75. The van der Waals surface area contributed by atoms with Gasteiger partial charge in [0.1, 0.15) is 0 Å². The van der Waals surface area contributed by atoms with Gasteiger partial charge in [0.25, 0.3) is 0 Å². The van der Waals surface area contributed by atoms with Crippen LogP contribution in [0.25, 0.3) is 0 Å². The number of nitrogens with one attached hydrogen (secondary N) is 1. The van der Waals surface area contributed by atoms with Gasteiger partial charge in [-0.05, 0) is 18.1 Å². The van der Waals surface area contributed by atoms with Crippen LogP contribution >= 0.6 is 0 Å². The van der Waals surface area contributed by atoms with Crippen LogP contribution in [-0.2, 0) is 0 Å². The van der Waals surface area contributed by atoms with Crippen molar-refractivity contribution < 1.29 is 9.90 Å². The van der Waals surface area contributed by atoms with Gasteiger partial charge in [-0.2, -0.15) is 0 Å². The molecule has 0 aromatic heterocycles. The fourth-order valence-corrected chi connectivity index (χ4v) is 2.77. The number of anilines is 1. The van der Waals surface area contributed by atoms with Crippen LogP contribution in [-0.4, -0.2) is 35.2 Å². The molecule has 2 aliphatic heterocycles. The Bertz CT molecular complexity index is 433. The maximum atomic E-state index is 11.0. The smallest absolute Gasteiger partial charge is 0.407 e. The van der Waals surface area contributed by atoms with Crippen LogP contribution in [0.2, 0.25) is 0 Å². The normalized spacial score (nSPS) is 26.9. The van der Waals surface area contributed by atoms with E-state index in [2.05, 4.69) is 17.4 Å². The zero-order chi connectivity index (χ0) is 11.1. The molecule has 4 heteroatoms. The van der Waals surface area contributed by atoms with E-state index in [0.717, 1.165) is 6.42 Å². The third-order valence-electron chi connectivity index (χ3n) is 3.58. The third-order valence-corrected chi connectivity index (χ3v) is 3.58. The molecule has 1 aromatic rings. The van der Waals surface area contributed by atoms with Crippen molar-refractivity contribution in [2.45, 2.75) is 18.4 Å². The van der Waals surface area contributed by atoms with Gasteiger partial charge in [0, 0.05) is 30.7 Å². The van der Waals surface area contributed by atoms with E-state index >= 15 is 0 Å². The summed E-state index contributed by atoms with van der Waals surface area (Å²) in [5, 5.41) is 12.5. The average Bonchev–Trinajstić information content (AvgIpc) is 2.66. The van der Waals surface area contributed by atoms with Gasteiger partial charge in [-0.25, -0.2) is 4.79 Å². The fraction of sp³-hybridized carbons (Fsp3) is 0.417. The Balaban J connectivity index is 1.89. The average molecular weight is 218 g/mol. The molecule has 1 aromatic carbocycles. The molecule has 0 bridgehead atoms. The van der Waals surface area contributed by atoms with Crippen molar-refractivity contribution in [1.29, 1.82) is 0 Å². The lowest BCUT2D eigenvalue weighted by Crippen LogP contribution is -2.44. The van der Waals surface area contributed by atoms with Crippen LogP contribution in [0, 0.1) is 0 Å². The summed E-state index contributed by atoms with van der Waals surface area (Å²) < 4.78 is 0.